The normalized spacial score (nSPS) is 11.9. The number of non-ortho nitro benzene ring substituents is 1. The highest BCUT2D eigenvalue weighted by atomic mass is 35.5. The molecule has 4 N–H and O–H groups in total. The molecule has 45 heavy (non-hydrogen) atoms. The van der Waals surface area contributed by atoms with Gasteiger partial charge in [0.05, 0.1) is 52.1 Å². The summed E-state index contributed by atoms with van der Waals surface area (Å²) in [6.45, 7) is 0. The Kier molecular flexibility index (Phi) is 7.92. The average Bonchev–Trinajstić information content (AvgIpc) is 3.51. The number of aromatic nitrogens is 4. The number of pyridine rings is 2. The van der Waals surface area contributed by atoms with Crippen LogP contribution in [-0.2, 0) is 9.59 Å². The maximum Gasteiger partial charge on any atom is 0.471 e. The summed E-state index contributed by atoms with van der Waals surface area (Å²) in [6, 6.07) is 7.43. The number of nitro benzene ring substituents is 1. The average molecular weight is 672 g/mol. The zero-order chi connectivity index (χ0) is 32.8. The number of halogens is 8. The lowest BCUT2D eigenvalue weighted by atomic mass is 10.1. The van der Waals surface area contributed by atoms with Gasteiger partial charge in [0.1, 0.15) is 5.52 Å². The Labute approximate surface area is 254 Å². The molecule has 6 aromatic rings. The first-order valence-electron chi connectivity index (χ1n) is 12.1. The number of hydrogen-bond acceptors (Lipinski definition) is 6. The van der Waals surface area contributed by atoms with Crippen LogP contribution in [0.15, 0.2) is 55.1 Å². The molecule has 0 fully saturated rings. The van der Waals surface area contributed by atoms with Crippen molar-refractivity contribution in [3.05, 3.63) is 75.3 Å². The second kappa shape index (κ2) is 11.4. The predicted molar refractivity (Wildman–Crippen MR) is 153 cm³/mol. The van der Waals surface area contributed by atoms with Crippen LogP contribution in [0.1, 0.15) is 0 Å². The number of rotatable bonds is 3. The molecule has 0 aliphatic heterocycles. The summed E-state index contributed by atoms with van der Waals surface area (Å²) >= 11 is 11.8. The second-order valence-electron chi connectivity index (χ2n) is 9.17. The van der Waals surface area contributed by atoms with Gasteiger partial charge in [0.25, 0.3) is 5.69 Å². The van der Waals surface area contributed by atoms with Crippen LogP contribution in [0.2, 0.25) is 10.0 Å². The topological polar surface area (TPSA) is 159 Å². The SMILES string of the molecule is O=C(Nc1cncc2[nH]c3c([N+](=O)[O-])cc(Cl)cc3c12)C(F)(F)F.O=C(Nc1cncc2[nH]c3ccc(Cl)cc3c12)C(F)(F)F. The molecule has 2 amide bonds. The summed E-state index contributed by atoms with van der Waals surface area (Å²) in [4.78, 5) is 46.0. The molecule has 0 aliphatic carbocycles. The fourth-order valence-corrected chi connectivity index (χ4v) is 4.83. The predicted octanol–water partition coefficient (Wildman–Crippen LogP) is 7.65. The van der Waals surface area contributed by atoms with Crippen molar-refractivity contribution in [2.45, 2.75) is 12.4 Å². The highest BCUT2D eigenvalue weighted by Gasteiger charge is 2.40. The number of fused-ring (bicyclic) bond motifs is 6. The van der Waals surface area contributed by atoms with Gasteiger partial charge in [-0.1, -0.05) is 23.2 Å². The van der Waals surface area contributed by atoms with Crippen molar-refractivity contribution in [1.82, 2.24) is 19.9 Å². The molecule has 2 aromatic carbocycles. The number of H-pyrrole nitrogens is 2. The van der Waals surface area contributed by atoms with E-state index in [4.69, 9.17) is 23.2 Å². The molecule has 0 saturated carbocycles. The second-order valence-corrected chi connectivity index (χ2v) is 10.0. The van der Waals surface area contributed by atoms with Crippen LogP contribution in [0, 0.1) is 10.1 Å². The number of nitro groups is 1. The van der Waals surface area contributed by atoms with Gasteiger partial charge in [-0.05, 0) is 24.3 Å². The zero-order valence-corrected chi connectivity index (χ0v) is 23.2. The van der Waals surface area contributed by atoms with E-state index in [0.29, 0.717) is 26.8 Å². The summed E-state index contributed by atoms with van der Waals surface area (Å²) in [6.07, 6.45) is -5.13. The third kappa shape index (κ3) is 6.25. The van der Waals surface area contributed by atoms with Crippen molar-refractivity contribution in [2.24, 2.45) is 0 Å². The molecule has 232 valence electrons. The number of alkyl halides is 6. The van der Waals surface area contributed by atoms with E-state index >= 15 is 0 Å². The Bertz CT molecular complexity index is 2160. The van der Waals surface area contributed by atoms with E-state index in [2.05, 4.69) is 19.9 Å². The first kappa shape index (κ1) is 31.3. The summed E-state index contributed by atoms with van der Waals surface area (Å²) < 4.78 is 74.5. The van der Waals surface area contributed by atoms with Crippen molar-refractivity contribution < 1.29 is 40.9 Å². The van der Waals surface area contributed by atoms with E-state index < -0.39 is 29.1 Å². The maximum atomic E-state index is 12.5. The number of nitrogens with one attached hydrogen (secondary N) is 4. The van der Waals surface area contributed by atoms with Gasteiger partial charge in [-0.15, -0.1) is 0 Å². The van der Waals surface area contributed by atoms with E-state index in [-0.39, 0.29) is 43.9 Å². The number of benzene rings is 2. The molecule has 0 aliphatic rings. The molecule has 4 heterocycles. The minimum atomic E-state index is -5.09. The number of nitrogens with zero attached hydrogens (tertiary/aromatic N) is 3. The van der Waals surface area contributed by atoms with Gasteiger partial charge >= 0.3 is 24.2 Å². The van der Waals surface area contributed by atoms with Crippen molar-refractivity contribution in [1.29, 1.82) is 0 Å². The number of hydrogen-bond donors (Lipinski definition) is 4. The summed E-state index contributed by atoms with van der Waals surface area (Å²) in [5.74, 6) is -4.23. The highest BCUT2D eigenvalue weighted by Crippen LogP contribution is 2.38. The molecular weight excluding hydrogens is 659 g/mol. The number of aromatic amines is 2. The Balaban J connectivity index is 0.000000179. The Morgan fingerprint density at radius 3 is 1.78 bits per heavy atom. The van der Waals surface area contributed by atoms with Gasteiger partial charge in [0.2, 0.25) is 0 Å². The lowest BCUT2D eigenvalue weighted by molar-refractivity contribution is -0.383. The first-order valence-corrected chi connectivity index (χ1v) is 12.8. The molecule has 0 spiro atoms. The lowest BCUT2D eigenvalue weighted by Gasteiger charge is -2.08. The zero-order valence-electron chi connectivity index (χ0n) is 21.7. The molecule has 4 aromatic heterocycles. The van der Waals surface area contributed by atoms with Crippen LogP contribution < -0.4 is 10.6 Å². The molecule has 0 bridgehead atoms. The number of anilines is 2. The monoisotopic (exact) mass is 671 g/mol. The summed E-state index contributed by atoms with van der Waals surface area (Å²) in [5, 5.41) is 16.5. The lowest BCUT2D eigenvalue weighted by Crippen LogP contribution is -2.30. The van der Waals surface area contributed by atoms with Gasteiger partial charge in [-0.2, -0.15) is 26.3 Å². The molecule has 6 rings (SSSR count). The molecule has 11 nitrogen and oxygen atoms in total. The largest absolute Gasteiger partial charge is 0.471 e. The molecular formula is C26H13Cl2F6N7O4. The van der Waals surface area contributed by atoms with Crippen LogP contribution in [0.25, 0.3) is 43.6 Å². The van der Waals surface area contributed by atoms with Crippen molar-refractivity contribution in [2.75, 3.05) is 10.6 Å². The quantitative estimate of drug-likeness (QED) is 0.0859. The van der Waals surface area contributed by atoms with Gasteiger partial charge in [0, 0.05) is 43.2 Å². The van der Waals surface area contributed by atoms with Crippen LogP contribution in [0.4, 0.5) is 43.4 Å². The Hall–Kier alpha value is -5.16. The Morgan fingerprint density at radius 2 is 1.24 bits per heavy atom. The van der Waals surface area contributed by atoms with Crippen molar-refractivity contribution in [3.8, 4) is 0 Å². The number of amides is 2. The molecule has 0 saturated heterocycles. The van der Waals surface area contributed by atoms with E-state index in [1.807, 2.05) is 5.32 Å². The van der Waals surface area contributed by atoms with Gasteiger partial charge in [-0.3, -0.25) is 29.7 Å². The smallest absolute Gasteiger partial charge is 0.353 e. The number of carbonyl (C=O) groups is 2. The van der Waals surface area contributed by atoms with E-state index in [1.54, 1.807) is 23.5 Å². The maximum absolute atomic E-state index is 12.5. The van der Waals surface area contributed by atoms with Gasteiger partial charge < -0.3 is 20.6 Å². The minimum absolute atomic E-state index is 0.0247. The fraction of sp³-hybridized carbons (Fsp3) is 0.0769. The van der Waals surface area contributed by atoms with E-state index in [9.17, 15) is 46.0 Å². The van der Waals surface area contributed by atoms with Crippen LogP contribution in [0.5, 0.6) is 0 Å². The fourth-order valence-electron chi connectivity index (χ4n) is 4.44. The summed E-state index contributed by atoms with van der Waals surface area (Å²) in [5.41, 5.74) is 0.866. The van der Waals surface area contributed by atoms with Crippen molar-refractivity contribution in [3.63, 3.8) is 0 Å². The third-order valence-electron chi connectivity index (χ3n) is 6.23. The number of carbonyl (C=O) groups excluding carboxylic acids is 2. The minimum Gasteiger partial charge on any atom is -0.353 e. The van der Waals surface area contributed by atoms with Gasteiger partial charge in [0.15, 0.2) is 0 Å². The van der Waals surface area contributed by atoms with Crippen LogP contribution in [0.3, 0.4) is 0 Å². The summed E-state index contributed by atoms with van der Waals surface area (Å²) in [7, 11) is 0. The molecule has 19 heteroatoms. The Morgan fingerprint density at radius 1 is 0.733 bits per heavy atom. The van der Waals surface area contributed by atoms with E-state index in [0.717, 1.165) is 12.3 Å². The third-order valence-corrected chi connectivity index (χ3v) is 6.68. The molecule has 0 unspecified atom stereocenters. The standard InChI is InChI=1S/C13H6ClF3N4O3.C13H7ClF3N3O/c14-5-1-6-10-7(19-11(6)9(2-5)21(23)24)3-18-4-8(10)20-12(22)13(15,16)17;14-6-1-2-8-7(3-6)11-9(19-8)4-18-5-10(11)20-12(21)13(15,16)17/h1-4,19H,(H,20,22);1-5,19H,(H,20,21). The highest BCUT2D eigenvalue weighted by molar-refractivity contribution is 6.33. The van der Waals surface area contributed by atoms with Crippen LogP contribution in [-0.4, -0.2) is 49.0 Å². The first-order chi connectivity index (χ1) is 21.0. The molecule has 0 radical (unpaired) electrons. The van der Waals surface area contributed by atoms with Crippen molar-refractivity contribution >= 4 is 95.7 Å². The van der Waals surface area contributed by atoms with Gasteiger partial charge in [-0.25, -0.2) is 0 Å². The molecule has 0 atom stereocenters. The van der Waals surface area contributed by atoms with E-state index in [1.165, 1.54) is 24.7 Å². The van der Waals surface area contributed by atoms with Crippen LogP contribution >= 0.6 is 23.2 Å².